The second-order valence-electron chi connectivity index (χ2n) is 8.66. The Labute approximate surface area is 184 Å². The molecule has 7 nitrogen and oxygen atoms in total. The first-order valence-corrected chi connectivity index (χ1v) is 11.4. The van der Waals surface area contributed by atoms with Crippen molar-refractivity contribution in [3.8, 4) is 5.69 Å². The molecule has 0 radical (unpaired) electrons. The second kappa shape index (κ2) is 9.45. The largest absolute Gasteiger partial charge is 0.352 e. The number of benzene rings is 1. The van der Waals surface area contributed by atoms with E-state index >= 15 is 0 Å². The molecule has 164 valence electrons. The van der Waals surface area contributed by atoms with E-state index in [0.717, 1.165) is 73.8 Å². The molecule has 1 aliphatic rings. The molecule has 0 bridgehead atoms. The van der Waals surface area contributed by atoms with Crippen molar-refractivity contribution in [3.05, 3.63) is 42.4 Å². The third kappa shape index (κ3) is 4.70. The second-order valence-corrected chi connectivity index (χ2v) is 8.66. The lowest BCUT2D eigenvalue weighted by atomic mass is 10.1. The maximum absolute atomic E-state index is 12.4. The number of carbonyl (C=O) groups is 1. The summed E-state index contributed by atoms with van der Waals surface area (Å²) in [5.74, 6) is 2.51. The molecule has 1 fully saturated rings. The summed E-state index contributed by atoms with van der Waals surface area (Å²) in [6, 6.07) is 10.1. The van der Waals surface area contributed by atoms with Crippen molar-refractivity contribution in [2.45, 2.75) is 46.5 Å². The third-order valence-electron chi connectivity index (χ3n) is 5.72. The van der Waals surface area contributed by atoms with Crippen molar-refractivity contribution in [1.29, 1.82) is 0 Å². The Balaban J connectivity index is 1.64. The Morgan fingerprint density at radius 2 is 1.81 bits per heavy atom. The molecule has 3 heterocycles. The number of aromatic nitrogens is 4. The number of rotatable bonds is 7. The summed E-state index contributed by atoms with van der Waals surface area (Å²) >= 11 is 0. The molecular weight excluding hydrogens is 388 g/mol. The van der Waals surface area contributed by atoms with Crippen LogP contribution in [0.2, 0.25) is 0 Å². The zero-order chi connectivity index (χ0) is 21.8. The predicted molar refractivity (Wildman–Crippen MR) is 124 cm³/mol. The minimum absolute atomic E-state index is 0.270. The van der Waals surface area contributed by atoms with Crippen molar-refractivity contribution < 1.29 is 4.79 Å². The summed E-state index contributed by atoms with van der Waals surface area (Å²) in [7, 11) is 0. The summed E-state index contributed by atoms with van der Waals surface area (Å²) in [6.45, 7) is 9.52. The maximum atomic E-state index is 12.4. The number of anilines is 1. The first kappa shape index (κ1) is 21.3. The highest BCUT2D eigenvalue weighted by Crippen LogP contribution is 2.27. The predicted octanol–water partition coefficient (Wildman–Crippen LogP) is 3.85. The summed E-state index contributed by atoms with van der Waals surface area (Å²) in [5.41, 5.74) is 1.83. The molecule has 2 aromatic heterocycles. The normalized spacial score (nSPS) is 14.6. The average Bonchev–Trinajstić information content (AvgIpc) is 3.21. The summed E-state index contributed by atoms with van der Waals surface area (Å²) in [5, 5.41) is 5.60. The van der Waals surface area contributed by atoms with Gasteiger partial charge in [0.05, 0.1) is 17.3 Å². The van der Waals surface area contributed by atoms with Gasteiger partial charge in [0.2, 0.25) is 5.91 Å². The number of hydrogen-bond acceptors (Lipinski definition) is 5. The van der Waals surface area contributed by atoms with Gasteiger partial charge in [0.1, 0.15) is 11.6 Å². The highest BCUT2D eigenvalue weighted by Gasteiger charge is 2.25. The molecule has 7 heteroatoms. The Morgan fingerprint density at radius 1 is 1.06 bits per heavy atom. The van der Waals surface area contributed by atoms with Crippen molar-refractivity contribution in [2.24, 2.45) is 5.92 Å². The molecule has 1 aliphatic heterocycles. The fourth-order valence-electron chi connectivity index (χ4n) is 4.05. The Hall–Kier alpha value is -2.96. The van der Waals surface area contributed by atoms with Crippen LogP contribution in [-0.4, -0.2) is 56.7 Å². The Morgan fingerprint density at radius 3 is 2.48 bits per heavy atom. The van der Waals surface area contributed by atoms with Crippen molar-refractivity contribution in [1.82, 2.24) is 24.6 Å². The highest BCUT2D eigenvalue weighted by molar-refractivity contribution is 5.88. The number of carbonyl (C=O) groups excluding carboxylic acids is 1. The van der Waals surface area contributed by atoms with Gasteiger partial charge in [-0.05, 0) is 24.5 Å². The molecule has 0 spiro atoms. The number of hydrogen-bond donors (Lipinski definition) is 0. The molecule has 3 aromatic rings. The molecule has 0 saturated carbocycles. The number of fused-ring (bicyclic) bond motifs is 1. The summed E-state index contributed by atoms with van der Waals surface area (Å²) in [4.78, 5) is 26.5. The quantitative estimate of drug-likeness (QED) is 0.581. The van der Waals surface area contributed by atoms with E-state index in [-0.39, 0.29) is 5.91 Å². The molecular formula is C24H32N6O. The third-order valence-corrected chi connectivity index (χ3v) is 5.72. The van der Waals surface area contributed by atoms with E-state index in [4.69, 9.17) is 9.97 Å². The van der Waals surface area contributed by atoms with Gasteiger partial charge in [0, 0.05) is 39.0 Å². The maximum Gasteiger partial charge on any atom is 0.222 e. The van der Waals surface area contributed by atoms with Gasteiger partial charge in [-0.15, -0.1) is 0 Å². The van der Waals surface area contributed by atoms with Crippen molar-refractivity contribution in [2.75, 3.05) is 31.1 Å². The van der Waals surface area contributed by atoms with Crippen LogP contribution >= 0.6 is 0 Å². The molecule has 0 N–H and O–H groups in total. The smallest absolute Gasteiger partial charge is 0.222 e. The topological polar surface area (TPSA) is 67.2 Å². The van der Waals surface area contributed by atoms with E-state index in [2.05, 4.69) is 30.8 Å². The number of amides is 1. The lowest BCUT2D eigenvalue weighted by Gasteiger charge is -2.35. The van der Waals surface area contributed by atoms with Crippen LogP contribution in [0.4, 0.5) is 5.82 Å². The SMILES string of the molecule is CCCCC(=O)N1CCN(c2nc(CC(C)C)nc3c2cnn3-c2ccccc2)CC1. The molecule has 0 atom stereocenters. The first-order valence-electron chi connectivity index (χ1n) is 11.4. The van der Waals surface area contributed by atoms with Crippen LogP contribution < -0.4 is 4.90 Å². The summed E-state index contributed by atoms with van der Waals surface area (Å²) < 4.78 is 1.90. The van der Waals surface area contributed by atoms with Gasteiger partial charge < -0.3 is 9.80 Å². The van der Waals surface area contributed by atoms with E-state index in [1.165, 1.54) is 0 Å². The van der Waals surface area contributed by atoms with Gasteiger partial charge in [-0.25, -0.2) is 14.6 Å². The van der Waals surface area contributed by atoms with Crippen LogP contribution in [0.15, 0.2) is 36.5 Å². The molecule has 31 heavy (non-hydrogen) atoms. The summed E-state index contributed by atoms with van der Waals surface area (Å²) in [6.07, 6.45) is 5.35. The average molecular weight is 421 g/mol. The molecule has 1 amide bonds. The van der Waals surface area contributed by atoms with E-state index in [1.807, 2.05) is 46.1 Å². The van der Waals surface area contributed by atoms with Gasteiger partial charge >= 0.3 is 0 Å². The van der Waals surface area contributed by atoms with Gasteiger partial charge in [0.25, 0.3) is 0 Å². The van der Waals surface area contributed by atoms with E-state index in [0.29, 0.717) is 12.3 Å². The number of piperazine rings is 1. The fourth-order valence-corrected chi connectivity index (χ4v) is 4.05. The minimum atomic E-state index is 0.270. The van der Waals surface area contributed by atoms with E-state index < -0.39 is 0 Å². The van der Waals surface area contributed by atoms with Gasteiger partial charge in [0.15, 0.2) is 5.65 Å². The van der Waals surface area contributed by atoms with Gasteiger partial charge in [-0.2, -0.15) is 5.10 Å². The number of unbranched alkanes of at least 4 members (excludes halogenated alkanes) is 1. The molecule has 1 saturated heterocycles. The lowest BCUT2D eigenvalue weighted by Crippen LogP contribution is -2.49. The standard InChI is InChI=1S/C24H32N6O/c1-4-5-11-22(31)28-12-14-29(15-13-28)23-20-17-25-30(19-9-7-6-8-10-19)24(20)27-21(26-23)16-18(2)3/h6-10,17-18H,4-5,11-16H2,1-3H3. The number of nitrogens with zero attached hydrogens (tertiary/aromatic N) is 6. The lowest BCUT2D eigenvalue weighted by molar-refractivity contribution is -0.131. The first-order chi connectivity index (χ1) is 15.1. The molecule has 0 unspecified atom stereocenters. The van der Waals surface area contributed by atoms with Crippen molar-refractivity contribution >= 4 is 22.8 Å². The molecule has 0 aliphatic carbocycles. The number of para-hydroxylation sites is 1. The molecule has 4 rings (SSSR count). The monoisotopic (exact) mass is 420 g/mol. The van der Waals surface area contributed by atoms with Crippen LogP contribution in [0, 0.1) is 5.92 Å². The van der Waals surface area contributed by atoms with Crippen LogP contribution in [0.1, 0.15) is 45.9 Å². The van der Waals surface area contributed by atoms with E-state index in [1.54, 1.807) is 0 Å². The fraction of sp³-hybridized carbons (Fsp3) is 0.500. The zero-order valence-electron chi connectivity index (χ0n) is 18.8. The molecule has 1 aromatic carbocycles. The van der Waals surface area contributed by atoms with Crippen LogP contribution in [0.3, 0.4) is 0 Å². The van der Waals surface area contributed by atoms with Gasteiger partial charge in [-0.1, -0.05) is 45.4 Å². The zero-order valence-corrected chi connectivity index (χ0v) is 18.8. The van der Waals surface area contributed by atoms with Crippen molar-refractivity contribution in [3.63, 3.8) is 0 Å². The van der Waals surface area contributed by atoms with Gasteiger partial charge in [-0.3, -0.25) is 4.79 Å². The highest BCUT2D eigenvalue weighted by atomic mass is 16.2. The van der Waals surface area contributed by atoms with Crippen LogP contribution in [0.5, 0.6) is 0 Å². The van der Waals surface area contributed by atoms with E-state index in [9.17, 15) is 4.79 Å². The minimum Gasteiger partial charge on any atom is -0.352 e. The Bertz CT molecular complexity index is 1020. The van der Waals surface area contributed by atoms with Crippen LogP contribution in [-0.2, 0) is 11.2 Å². The van der Waals surface area contributed by atoms with Crippen LogP contribution in [0.25, 0.3) is 16.7 Å². The Kier molecular flexibility index (Phi) is 6.49.